The molecule has 43 heavy (non-hydrogen) atoms. The molecule has 8 rings (SSSR count). The molecule has 3 aromatic carbocycles. The number of ether oxygens (including phenoxy) is 2. The summed E-state index contributed by atoms with van der Waals surface area (Å²) >= 11 is 6.06. The van der Waals surface area contributed by atoms with Crippen molar-refractivity contribution in [3.05, 3.63) is 105 Å². The summed E-state index contributed by atoms with van der Waals surface area (Å²) in [6.45, 7) is -0.526. The number of hydrogen-bond acceptors (Lipinski definition) is 8. The number of amides is 2. The van der Waals surface area contributed by atoms with E-state index in [1.54, 1.807) is 12.1 Å². The number of rotatable bonds is 8. The fraction of sp³-hybridized carbons (Fsp3) is 0.250. The molecule has 2 bridgehead atoms. The third kappa shape index (κ3) is 4.49. The monoisotopic (exact) mass is 598 g/mol. The maximum absolute atomic E-state index is 13.3. The lowest BCUT2D eigenvalue weighted by Crippen LogP contribution is -2.40. The molecule has 6 atom stereocenters. The Bertz CT molecular complexity index is 1700. The lowest BCUT2D eigenvalue weighted by atomic mass is 9.63. The van der Waals surface area contributed by atoms with E-state index in [1.807, 2.05) is 0 Å². The van der Waals surface area contributed by atoms with Crippen molar-refractivity contribution in [2.75, 3.05) is 11.5 Å². The number of ketones is 1. The molecule has 1 saturated heterocycles. The van der Waals surface area contributed by atoms with E-state index in [4.69, 9.17) is 21.1 Å². The van der Waals surface area contributed by atoms with E-state index < -0.39 is 23.3 Å². The van der Waals surface area contributed by atoms with Gasteiger partial charge in [-0.2, -0.15) is 0 Å². The number of esters is 1. The fourth-order valence-corrected chi connectivity index (χ4v) is 7.03. The van der Waals surface area contributed by atoms with Gasteiger partial charge in [-0.1, -0.05) is 29.8 Å². The maximum Gasteiger partial charge on any atom is 0.338 e. The largest absolute Gasteiger partial charge is 0.454 e. The Labute approximate surface area is 250 Å². The summed E-state index contributed by atoms with van der Waals surface area (Å²) in [5.74, 6) is -0.809. The first kappa shape index (κ1) is 27.0. The van der Waals surface area contributed by atoms with E-state index >= 15 is 0 Å². The summed E-state index contributed by atoms with van der Waals surface area (Å²) in [6.07, 6.45) is 5.32. The van der Waals surface area contributed by atoms with Crippen LogP contribution in [0.25, 0.3) is 0 Å². The Morgan fingerprint density at radius 3 is 2.09 bits per heavy atom. The van der Waals surface area contributed by atoms with Gasteiger partial charge < -0.3 is 9.47 Å². The van der Waals surface area contributed by atoms with E-state index in [9.17, 15) is 29.3 Å². The molecular formula is C32H23ClN2O8. The molecule has 1 heterocycles. The topological polar surface area (TPSA) is 133 Å². The minimum atomic E-state index is -0.735. The molecule has 0 aromatic heterocycles. The van der Waals surface area contributed by atoms with Crippen LogP contribution in [0.3, 0.4) is 0 Å². The van der Waals surface area contributed by atoms with Crippen molar-refractivity contribution in [2.24, 2.45) is 35.5 Å². The van der Waals surface area contributed by atoms with Gasteiger partial charge in [-0.3, -0.25) is 29.4 Å². The van der Waals surface area contributed by atoms with Gasteiger partial charge in [-0.25, -0.2) is 4.79 Å². The Hall–Kier alpha value is -4.83. The van der Waals surface area contributed by atoms with Gasteiger partial charge in [0, 0.05) is 11.6 Å². The number of Topliss-reactive ketones (excluding diaryl/α,β-unsaturated/α-hetero) is 1. The minimum Gasteiger partial charge on any atom is -0.454 e. The molecule has 11 heteroatoms. The van der Waals surface area contributed by atoms with Crippen LogP contribution in [0.2, 0.25) is 5.02 Å². The lowest BCUT2D eigenvalue weighted by molar-refractivity contribution is -0.385. The van der Waals surface area contributed by atoms with Crippen molar-refractivity contribution in [3.8, 4) is 11.5 Å². The Morgan fingerprint density at radius 2 is 1.49 bits per heavy atom. The predicted octanol–water partition coefficient (Wildman–Crippen LogP) is 5.64. The van der Waals surface area contributed by atoms with Crippen LogP contribution in [-0.2, 0) is 14.3 Å². The Kier molecular flexibility index (Phi) is 6.39. The molecular weight excluding hydrogens is 576 g/mol. The number of imide groups is 1. The van der Waals surface area contributed by atoms with E-state index in [-0.39, 0.29) is 68.8 Å². The predicted molar refractivity (Wildman–Crippen MR) is 153 cm³/mol. The second-order valence-corrected chi connectivity index (χ2v) is 11.6. The zero-order chi connectivity index (χ0) is 30.0. The number of benzene rings is 3. The maximum atomic E-state index is 13.3. The van der Waals surface area contributed by atoms with Gasteiger partial charge >= 0.3 is 11.7 Å². The fourth-order valence-electron chi connectivity index (χ4n) is 6.82. The van der Waals surface area contributed by atoms with Crippen molar-refractivity contribution in [1.29, 1.82) is 0 Å². The average molecular weight is 599 g/mol. The number of para-hydroxylation sites is 1. The molecule has 5 aliphatic rings. The van der Waals surface area contributed by atoms with Gasteiger partial charge in [0.05, 0.1) is 33.0 Å². The normalized spacial score (nSPS) is 26.1. The molecule has 2 amide bonds. The molecule has 0 N–H and O–H groups in total. The second kappa shape index (κ2) is 10.2. The summed E-state index contributed by atoms with van der Waals surface area (Å²) in [7, 11) is 0. The summed E-state index contributed by atoms with van der Waals surface area (Å²) in [4.78, 5) is 63.8. The van der Waals surface area contributed by atoms with Gasteiger partial charge in [-0.05, 0) is 84.7 Å². The lowest BCUT2D eigenvalue weighted by Gasteiger charge is -2.37. The average Bonchev–Trinajstić information content (AvgIpc) is 3.79. The first-order valence-corrected chi connectivity index (χ1v) is 14.2. The number of nitro groups is 1. The number of nitrogens with zero attached hydrogens (tertiary/aromatic N) is 2. The molecule has 2 saturated carbocycles. The Balaban J connectivity index is 0.967. The third-order valence-electron chi connectivity index (χ3n) is 8.90. The molecule has 216 valence electrons. The molecule has 10 nitrogen and oxygen atoms in total. The molecule has 0 spiro atoms. The van der Waals surface area contributed by atoms with Crippen molar-refractivity contribution < 1.29 is 33.6 Å². The molecule has 0 unspecified atom stereocenters. The third-order valence-corrected chi connectivity index (χ3v) is 9.20. The Morgan fingerprint density at radius 1 is 0.884 bits per heavy atom. The number of hydrogen-bond donors (Lipinski definition) is 0. The molecule has 0 radical (unpaired) electrons. The van der Waals surface area contributed by atoms with E-state index in [0.29, 0.717) is 17.5 Å². The smallest absolute Gasteiger partial charge is 0.338 e. The van der Waals surface area contributed by atoms with Crippen molar-refractivity contribution in [1.82, 2.24) is 0 Å². The number of allylic oxidation sites excluding steroid dienone is 2. The zero-order valence-corrected chi connectivity index (χ0v) is 23.2. The first-order chi connectivity index (χ1) is 20.7. The van der Waals surface area contributed by atoms with Crippen molar-refractivity contribution in [2.45, 2.75) is 6.42 Å². The summed E-state index contributed by atoms with van der Waals surface area (Å²) in [6, 6.07) is 16.0. The summed E-state index contributed by atoms with van der Waals surface area (Å²) in [5.41, 5.74) is 0.512. The highest BCUT2D eigenvalue weighted by molar-refractivity contribution is 6.32. The van der Waals surface area contributed by atoms with Crippen LogP contribution in [0, 0.1) is 45.6 Å². The van der Waals surface area contributed by atoms with Crippen molar-refractivity contribution in [3.63, 3.8) is 0 Å². The van der Waals surface area contributed by atoms with E-state index in [0.717, 1.165) is 6.42 Å². The number of nitro benzene ring substituents is 1. The highest BCUT2D eigenvalue weighted by Crippen LogP contribution is 2.65. The zero-order valence-electron chi connectivity index (χ0n) is 22.4. The summed E-state index contributed by atoms with van der Waals surface area (Å²) in [5, 5.41) is 11.3. The van der Waals surface area contributed by atoms with Gasteiger partial charge in [0.15, 0.2) is 12.4 Å². The standard InChI is InChI=1S/C32H23ClN2O8/c33-24-2-1-3-25(35(40)41)29(24)43-19-10-6-16(7-11-19)26(36)15-42-32(39)17-4-8-18(9-5-17)34-30(37)27-20-12-13-21(23-14-22(20)23)28(27)31(34)38/h1-13,20-23,27-28H,14-15H2/t20-,21-,22-,23-,27-,28+/m0/s1. The number of halogens is 1. The van der Waals surface area contributed by atoms with Crippen LogP contribution in [0.5, 0.6) is 11.5 Å². The highest BCUT2D eigenvalue weighted by atomic mass is 35.5. The van der Waals surface area contributed by atoms with Gasteiger partial charge in [-0.15, -0.1) is 0 Å². The van der Waals surface area contributed by atoms with Gasteiger partial charge in [0.1, 0.15) is 5.75 Å². The van der Waals surface area contributed by atoms with Crippen LogP contribution in [0.1, 0.15) is 27.1 Å². The molecule has 3 fully saturated rings. The van der Waals surface area contributed by atoms with E-state index in [1.165, 1.54) is 59.5 Å². The number of carbonyl (C=O) groups is 4. The first-order valence-electron chi connectivity index (χ1n) is 13.8. The van der Waals surface area contributed by atoms with Crippen LogP contribution >= 0.6 is 11.6 Å². The summed E-state index contributed by atoms with van der Waals surface area (Å²) < 4.78 is 10.8. The van der Waals surface area contributed by atoms with Gasteiger partial charge in [0.2, 0.25) is 17.6 Å². The number of anilines is 1. The molecule has 4 aliphatic carbocycles. The SMILES string of the molecule is O=C(COC(=O)c1ccc(N2C(=O)[C@@H]3[C@H]4C=C[C@@H]([C@@H]5C[C@@H]45)[C@@H]3C2=O)cc1)c1ccc(Oc2c(Cl)cccc2[N+](=O)[O-])cc1. The molecule has 1 aliphatic heterocycles. The minimum absolute atomic E-state index is 0.0615. The van der Waals surface area contributed by atoms with E-state index in [2.05, 4.69) is 12.2 Å². The van der Waals surface area contributed by atoms with Crippen LogP contribution in [0.4, 0.5) is 11.4 Å². The van der Waals surface area contributed by atoms with Crippen molar-refractivity contribution >= 4 is 46.5 Å². The number of carbonyl (C=O) groups excluding carboxylic acids is 4. The van der Waals surface area contributed by atoms with Crippen LogP contribution < -0.4 is 9.64 Å². The van der Waals surface area contributed by atoms with Gasteiger partial charge in [0.25, 0.3) is 0 Å². The van der Waals surface area contributed by atoms with Crippen LogP contribution in [-0.4, -0.2) is 35.1 Å². The quantitative estimate of drug-likeness (QED) is 0.0812. The van der Waals surface area contributed by atoms with Crippen LogP contribution in [0.15, 0.2) is 78.9 Å². The second-order valence-electron chi connectivity index (χ2n) is 11.2. The highest BCUT2D eigenvalue weighted by Gasteiger charge is 2.67. The molecule has 3 aromatic rings.